The summed E-state index contributed by atoms with van der Waals surface area (Å²) in [6.45, 7) is 3.23. The van der Waals surface area contributed by atoms with Gasteiger partial charge < -0.3 is 4.90 Å². The Morgan fingerprint density at radius 2 is 1.61 bits per heavy atom. The lowest BCUT2D eigenvalue weighted by atomic mass is 9.93. The summed E-state index contributed by atoms with van der Waals surface area (Å²) < 4.78 is 39.9. The number of carbonyl (C=O) groups excluding carboxylic acids is 1. The van der Waals surface area contributed by atoms with E-state index < -0.39 is 15.8 Å². The van der Waals surface area contributed by atoms with Gasteiger partial charge in [0.1, 0.15) is 5.82 Å². The fourth-order valence-electron chi connectivity index (χ4n) is 3.53. The zero-order valence-electron chi connectivity index (χ0n) is 15.9. The minimum absolute atomic E-state index is 0.0480. The Labute approximate surface area is 165 Å². The molecule has 5 nitrogen and oxygen atoms in total. The van der Waals surface area contributed by atoms with Crippen molar-refractivity contribution in [3.8, 4) is 0 Å². The molecule has 3 rings (SSSR count). The third-order valence-electron chi connectivity index (χ3n) is 5.08. The van der Waals surface area contributed by atoms with Gasteiger partial charge in [-0.1, -0.05) is 43.7 Å². The molecule has 2 aromatic carbocycles. The van der Waals surface area contributed by atoms with Crippen molar-refractivity contribution in [2.24, 2.45) is 0 Å². The molecule has 1 saturated heterocycles. The fourth-order valence-corrected chi connectivity index (χ4v) is 4.95. The third-order valence-corrected chi connectivity index (χ3v) is 6.99. The first-order chi connectivity index (χ1) is 13.4. The second-order valence-corrected chi connectivity index (χ2v) is 8.87. The highest BCUT2D eigenvalue weighted by Gasteiger charge is 2.32. The number of hydrogen-bond acceptors (Lipinski definition) is 3. The first kappa shape index (κ1) is 20.5. The summed E-state index contributed by atoms with van der Waals surface area (Å²) in [5, 5.41) is 0. The molecule has 1 aliphatic heterocycles. The van der Waals surface area contributed by atoms with Crippen LogP contribution >= 0.6 is 0 Å². The van der Waals surface area contributed by atoms with Crippen LogP contribution in [0.3, 0.4) is 0 Å². The number of nitrogens with zero attached hydrogens (tertiary/aromatic N) is 2. The average Bonchev–Trinajstić information content (AvgIpc) is 2.72. The Bertz CT molecular complexity index is 893. The smallest absolute Gasteiger partial charge is 0.243 e. The van der Waals surface area contributed by atoms with Crippen molar-refractivity contribution in [1.29, 1.82) is 0 Å². The van der Waals surface area contributed by atoms with E-state index in [1.807, 2.05) is 30.3 Å². The summed E-state index contributed by atoms with van der Waals surface area (Å²) >= 11 is 0. The summed E-state index contributed by atoms with van der Waals surface area (Å²) in [6.07, 6.45) is 1.65. The van der Waals surface area contributed by atoms with Gasteiger partial charge in [0.2, 0.25) is 15.9 Å². The topological polar surface area (TPSA) is 57.7 Å². The molecule has 0 radical (unpaired) electrons. The molecule has 150 valence electrons. The van der Waals surface area contributed by atoms with E-state index in [-0.39, 0.29) is 29.8 Å². The molecule has 1 amide bonds. The summed E-state index contributed by atoms with van der Waals surface area (Å²) in [4.78, 5) is 14.9. The van der Waals surface area contributed by atoms with Crippen LogP contribution in [0.15, 0.2) is 59.5 Å². The van der Waals surface area contributed by atoms with Crippen LogP contribution < -0.4 is 0 Å². The van der Waals surface area contributed by atoms with Gasteiger partial charge in [-0.05, 0) is 36.2 Å². The van der Waals surface area contributed by atoms with Crippen LogP contribution in [0.5, 0.6) is 0 Å². The summed E-state index contributed by atoms with van der Waals surface area (Å²) in [7, 11) is -3.68. The van der Waals surface area contributed by atoms with Crippen molar-refractivity contribution in [3.63, 3.8) is 0 Å². The number of piperazine rings is 1. The van der Waals surface area contributed by atoms with Crippen LogP contribution in [0.1, 0.15) is 31.2 Å². The van der Waals surface area contributed by atoms with Crippen LogP contribution in [0.4, 0.5) is 4.39 Å². The quantitative estimate of drug-likeness (QED) is 0.743. The third kappa shape index (κ3) is 4.42. The van der Waals surface area contributed by atoms with E-state index >= 15 is 0 Å². The Hall–Kier alpha value is -2.25. The minimum atomic E-state index is -3.68. The fraction of sp³-hybridized carbons (Fsp3) is 0.381. The van der Waals surface area contributed by atoms with Gasteiger partial charge in [-0.3, -0.25) is 4.79 Å². The van der Waals surface area contributed by atoms with Gasteiger partial charge in [0, 0.05) is 26.2 Å². The molecule has 1 heterocycles. The van der Waals surface area contributed by atoms with E-state index in [9.17, 15) is 17.6 Å². The van der Waals surface area contributed by atoms with Gasteiger partial charge >= 0.3 is 0 Å². The van der Waals surface area contributed by atoms with Crippen LogP contribution in [0.2, 0.25) is 0 Å². The normalized spacial score (nSPS) is 16.7. The Morgan fingerprint density at radius 3 is 2.18 bits per heavy atom. The molecule has 1 atom stereocenters. The van der Waals surface area contributed by atoms with Crippen LogP contribution in [-0.4, -0.2) is 49.7 Å². The number of sulfonamides is 1. The highest BCUT2D eigenvalue weighted by atomic mass is 32.2. The first-order valence-corrected chi connectivity index (χ1v) is 11.0. The maximum Gasteiger partial charge on any atom is 0.243 e. The van der Waals surface area contributed by atoms with Crippen LogP contribution in [-0.2, 0) is 14.8 Å². The van der Waals surface area contributed by atoms with E-state index in [1.165, 1.54) is 16.4 Å². The number of halogens is 1. The maximum atomic E-state index is 13.1. The summed E-state index contributed by atoms with van der Waals surface area (Å²) in [5.74, 6) is -0.629. The zero-order valence-corrected chi connectivity index (χ0v) is 16.7. The van der Waals surface area contributed by atoms with E-state index in [2.05, 4.69) is 6.92 Å². The monoisotopic (exact) mass is 404 g/mol. The average molecular weight is 405 g/mol. The second-order valence-electron chi connectivity index (χ2n) is 6.94. The van der Waals surface area contributed by atoms with Gasteiger partial charge in [0.15, 0.2) is 0 Å². The van der Waals surface area contributed by atoms with E-state index in [1.54, 1.807) is 4.90 Å². The molecule has 0 saturated carbocycles. The molecular formula is C21H25FN2O3S. The largest absolute Gasteiger partial charge is 0.340 e. The molecule has 0 unspecified atom stereocenters. The van der Waals surface area contributed by atoms with Gasteiger partial charge in [-0.2, -0.15) is 4.31 Å². The van der Waals surface area contributed by atoms with E-state index in [0.29, 0.717) is 13.1 Å². The molecule has 1 fully saturated rings. The van der Waals surface area contributed by atoms with Crippen LogP contribution in [0, 0.1) is 5.82 Å². The predicted octanol–water partition coefficient (Wildman–Crippen LogP) is 3.24. The van der Waals surface area contributed by atoms with Crippen molar-refractivity contribution >= 4 is 15.9 Å². The van der Waals surface area contributed by atoms with Crippen molar-refractivity contribution in [3.05, 3.63) is 66.0 Å². The molecular weight excluding hydrogens is 379 g/mol. The van der Waals surface area contributed by atoms with Crippen molar-refractivity contribution in [2.45, 2.75) is 30.6 Å². The highest BCUT2D eigenvalue weighted by molar-refractivity contribution is 7.89. The van der Waals surface area contributed by atoms with Crippen molar-refractivity contribution in [1.82, 2.24) is 9.21 Å². The van der Waals surface area contributed by atoms with Gasteiger partial charge in [0.25, 0.3) is 0 Å². The molecule has 1 aliphatic rings. The molecule has 28 heavy (non-hydrogen) atoms. The highest BCUT2D eigenvalue weighted by Crippen LogP contribution is 2.25. The molecule has 0 aliphatic carbocycles. The molecule has 0 aromatic heterocycles. The van der Waals surface area contributed by atoms with Crippen molar-refractivity contribution < 1.29 is 17.6 Å². The lowest BCUT2D eigenvalue weighted by molar-refractivity contribution is -0.134. The van der Waals surface area contributed by atoms with Crippen LogP contribution in [0.25, 0.3) is 0 Å². The minimum Gasteiger partial charge on any atom is -0.340 e. The maximum absolute atomic E-state index is 13.1. The number of hydrogen-bond donors (Lipinski definition) is 0. The van der Waals surface area contributed by atoms with Gasteiger partial charge in [0.05, 0.1) is 10.8 Å². The standard InChI is InChI=1S/C21H25FN2O3S/c1-2-6-20(17-7-4-3-5-8-17)21(25)23-13-15-24(16-14-23)28(26,27)19-11-9-18(22)10-12-19/h3-5,7-12,20H,2,6,13-16H2,1H3/t20-/m1/s1. The second kappa shape index (κ2) is 8.84. The first-order valence-electron chi connectivity index (χ1n) is 9.53. The molecule has 0 N–H and O–H groups in total. The number of rotatable bonds is 6. The van der Waals surface area contributed by atoms with Gasteiger partial charge in [-0.15, -0.1) is 0 Å². The number of amides is 1. The van der Waals surface area contributed by atoms with Crippen molar-refractivity contribution in [2.75, 3.05) is 26.2 Å². The molecule has 0 bridgehead atoms. The Morgan fingerprint density at radius 1 is 1.00 bits per heavy atom. The zero-order chi connectivity index (χ0) is 20.1. The van der Waals surface area contributed by atoms with E-state index in [0.717, 1.165) is 30.5 Å². The SMILES string of the molecule is CCC[C@@H](C(=O)N1CCN(S(=O)(=O)c2ccc(F)cc2)CC1)c1ccccc1. The summed E-state index contributed by atoms with van der Waals surface area (Å²) in [5.41, 5.74) is 0.996. The van der Waals surface area contributed by atoms with Gasteiger partial charge in [-0.25, -0.2) is 12.8 Å². The Kier molecular flexibility index (Phi) is 6.46. The summed E-state index contributed by atoms with van der Waals surface area (Å²) in [6, 6.07) is 14.5. The van der Waals surface area contributed by atoms with E-state index in [4.69, 9.17) is 0 Å². The number of carbonyl (C=O) groups is 1. The lowest BCUT2D eigenvalue weighted by Crippen LogP contribution is -2.51. The Balaban J connectivity index is 1.68. The number of benzene rings is 2. The molecule has 2 aromatic rings. The lowest BCUT2D eigenvalue weighted by Gasteiger charge is -2.36. The molecule has 0 spiro atoms. The predicted molar refractivity (Wildman–Crippen MR) is 106 cm³/mol. The molecule has 7 heteroatoms.